The van der Waals surface area contributed by atoms with Crippen molar-refractivity contribution in [3.8, 4) is 0 Å². The second-order valence-corrected chi connectivity index (χ2v) is 11.9. The van der Waals surface area contributed by atoms with Gasteiger partial charge >= 0.3 is 5.97 Å². The third kappa shape index (κ3) is 4.33. The molecule has 0 aromatic carbocycles. The lowest BCUT2D eigenvalue weighted by molar-refractivity contribution is -0.137. The molecule has 8 bridgehead atoms. The summed E-state index contributed by atoms with van der Waals surface area (Å²) in [7, 11) is 0. The summed E-state index contributed by atoms with van der Waals surface area (Å²) in [5, 5.41) is 31.5. The first-order chi connectivity index (χ1) is 20.5. The van der Waals surface area contributed by atoms with Crippen LogP contribution < -0.4 is 0 Å². The highest BCUT2D eigenvalue weighted by atomic mass is 16.4. The van der Waals surface area contributed by atoms with Gasteiger partial charge in [-0.1, -0.05) is 13.8 Å². The Morgan fingerprint density at radius 3 is 2.47 bits per heavy atom. The smallest absolute Gasteiger partial charge is 0.303 e. The number of aromatic amines is 2. The fraction of sp³-hybridized carbons (Fsp3) is 0.353. The van der Waals surface area contributed by atoms with Gasteiger partial charge in [-0.3, -0.25) is 9.59 Å². The number of nitrogens with one attached hydrogen (secondary N) is 2. The fourth-order valence-corrected chi connectivity index (χ4v) is 7.21. The largest absolute Gasteiger partial charge is 0.507 e. The predicted molar refractivity (Wildman–Crippen MR) is 168 cm³/mol. The molecule has 0 saturated heterocycles. The average Bonchev–Trinajstić information content (AvgIpc) is 3.71. The molecule has 0 amide bonds. The molecule has 3 atom stereocenters. The number of carbonyl (C=O) groups is 2. The molecule has 9 nitrogen and oxygen atoms in total. The van der Waals surface area contributed by atoms with Crippen LogP contribution >= 0.6 is 0 Å². The van der Waals surface area contributed by atoms with Crippen LogP contribution in [0.1, 0.15) is 115 Å². The standard InChI is InChI=1S/C34H36N4O5/c1-7-19-22(13-39)25-12-26-29(18(6)40)16(4)32(37-26)17(5)31-14(2)20(8-9-28(42)43)33(38-31)21-10-27(41)30-15(3)23(36-34(21)30)11-24(19)35-25/h10-14,18,20,36,38,40-41H,7-9H2,1-6H3,(H,42,43)/t14-,18+,20-/m0/s1. The molecule has 9 heteroatoms. The van der Waals surface area contributed by atoms with Crippen molar-refractivity contribution in [1.82, 2.24) is 19.9 Å². The van der Waals surface area contributed by atoms with Gasteiger partial charge in [0.1, 0.15) is 5.76 Å². The number of H-pyrrole nitrogens is 2. The number of allylic oxidation sites excluding steroid dienone is 3. The summed E-state index contributed by atoms with van der Waals surface area (Å²) in [6.45, 7) is 11.6. The Morgan fingerprint density at radius 1 is 1.07 bits per heavy atom. The second-order valence-electron chi connectivity index (χ2n) is 11.9. The van der Waals surface area contributed by atoms with Crippen molar-refractivity contribution < 1.29 is 24.9 Å². The number of aromatic nitrogens is 4. The molecule has 0 spiro atoms. The van der Waals surface area contributed by atoms with Gasteiger partial charge in [0.25, 0.3) is 0 Å². The molecule has 0 saturated carbocycles. The summed E-state index contributed by atoms with van der Waals surface area (Å²) in [5.41, 5.74) is 11.7. The second kappa shape index (κ2) is 10.3. The lowest BCUT2D eigenvalue weighted by Gasteiger charge is -2.17. The van der Waals surface area contributed by atoms with Gasteiger partial charge in [-0.2, -0.15) is 0 Å². The van der Waals surface area contributed by atoms with Crippen LogP contribution in [0.5, 0.6) is 0 Å². The van der Waals surface area contributed by atoms with E-state index in [-0.39, 0.29) is 24.0 Å². The zero-order valence-electron chi connectivity index (χ0n) is 25.2. The van der Waals surface area contributed by atoms with E-state index in [1.54, 1.807) is 19.1 Å². The third-order valence-corrected chi connectivity index (χ3v) is 9.38. The number of aliphatic hydroxyl groups excluding tert-OH is 2. The lowest BCUT2D eigenvalue weighted by atomic mass is 9.84. The molecule has 5 heterocycles. The zero-order valence-corrected chi connectivity index (χ0v) is 25.2. The number of rotatable bonds is 6. The Morgan fingerprint density at radius 2 is 1.81 bits per heavy atom. The highest BCUT2D eigenvalue weighted by Crippen LogP contribution is 2.47. The number of carboxylic acids is 1. The van der Waals surface area contributed by atoms with E-state index in [1.807, 2.05) is 33.8 Å². The summed E-state index contributed by atoms with van der Waals surface area (Å²) >= 11 is 0. The summed E-state index contributed by atoms with van der Waals surface area (Å²) in [5.74, 6) is -0.928. The SMILES string of the molecule is CCC1=C(C=O)c2cc3nc(c(C)c4[nH]c(c5c6[nH]c(cc1n2)c(C)c6C(O)=C5)[C@@H](CCC(=O)O)[C@@H]4C)C(C)=C3[C@@H](C)O. The van der Waals surface area contributed by atoms with Crippen molar-refractivity contribution in [3.63, 3.8) is 0 Å². The van der Waals surface area contributed by atoms with Crippen LogP contribution in [0.3, 0.4) is 0 Å². The number of aryl methyl sites for hydroxylation is 1. The number of fused-ring (bicyclic) bond motifs is 8. The number of aliphatic hydroxyl groups is 2. The number of carbonyl (C=O) groups excluding carboxylic acids is 1. The van der Waals surface area contributed by atoms with Crippen molar-refractivity contribution in [3.05, 3.63) is 68.6 Å². The predicted octanol–water partition coefficient (Wildman–Crippen LogP) is 6.61. The van der Waals surface area contributed by atoms with Gasteiger partial charge in [-0.15, -0.1) is 0 Å². The van der Waals surface area contributed by atoms with E-state index in [9.17, 15) is 24.9 Å². The van der Waals surface area contributed by atoms with Gasteiger partial charge in [-0.25, -0.2) is 9.97 Å². The molecule has 0 fully saturated rings. The molecule has 5 N–H and O–H groups in total. The molecule has 1 aliphatic carbocycles. The molecular weight excluding hydrogens is 544 g/mol. The molecule has 0 radical (unpaired) electrons. The molecule has 4 aliphatic rings. The quantitative estimate of drug-likeness (QED) is 0.241. The van der Waals surface area contributed by atoms with Gasteiger partial charge in [0.15, 0.2) is 6.29 Å². The minimum Gasteiger partial charge on any atom is -0.507 e. The van der Waals surface area contributed by atoms with E-state index < -0.39 is 12.1 Å². The Kier molecular flexibility index (Phi) is 6.88. The molecule has 3 aliphatic heterocycles. The molecule has 222 valence electrons. The summed E-state index contributed by atoms with van der Waals surface area (Å²) in [4.78, 5) is 41.1. The van der Waals surface area contributed by atoms with E-state index >= 15 is 0 Å². The Hall–Kier alpha value is -4.50. The van der Waals surface area contributed by atoms with Gasteiger partial charge in [-0.05, 0) is 81.0 Å². The summed E-state index contributed by atoms with van der Waals surface area (Å²) in [6, 6.07) is 3.69. The van der Waals surface area contributed by atoms with Crippen LogP contribution in [-0.4, -0.2) is 53.6 Å². The topological polar surface area (TPSA) is 152 Å². The van der Waals surface area contributed by atoms with Gasteiger partial charge in [0, 0.05) is 57.4 Å². The molecular formula is C34H36N4O5. The van der Waals surface area contributed by atoms with E-state index in [1.165, 1.54) is 0 Å². The first-order valence-electron chi connectivity index (χ1n) is 14.7. The van der Waals surface area contributed by atoms with Crippen molar-refractivity contribution in [2.75, 3.05) is 0 Å². The molecule has 43 heavy (non-hydrogen) atoms. The Balaban J connectivity index is 1.80. The van der Waals surface area contributed by atoms with E-state index in [4.69, 9.17) is 9.97 Å². The molecule has 0 unspecified atom stereocenters. The summed E-state index contributed by atoms with van der Waals surface area (Å²) in [6.07, 6.45) is 2.78. The van der Waals surface area contributed by atoms with Gasteiger partial charge < -0.3 is 25.3 Å². The maximum absolute atomic E-state index is 12.4. The molecule has 6 rings (SSSR count). The Labute approximate surface area is 249 Å². The number of nitrogens with zero attached hydrogens (tertiary/aromatic N) is 2. The van der Waals surface area contributed by atoms with Crippen LogP contribution in [0.25, 0.3) is 45.2 Å². The van der Waals surface area contributed by atoms with E-state index in [0.717, 1.165) is 62.2 Å². The average molecular weight is 581 g/mol. The molecule has 2 aromatic rings. The highest BCUT2D eigenvalue weighted by Gasteiger charge is 2.35. The van der Waals surface area contributed by atoms with Crippen LogP contribution in [0.2, 0.25) is 0 Å². The minimum atomic E-state index is -0.861. The highest BCUT2D eigenvalue weighted by molar-refractivity contribution is 6.18. The van der Waals surface area contributed by atoms with E-state index in [0.29, 0.717) is 46.6 Å². The zero-order chi connectivity index (χ0) is 30.9. The van der Waals surface area contributed by atoms with Gasteiger partial charge in [0.2, 0.25) is 0 Å². The number of carboxylic acid groups (broad SMARTS) is 1. The van der Waals surface area contributed by atoms with E-state index in [2.05, 4.69) is 16.9 Å². The van der Waals surface area contributed by atoms with Crippen LogP contribution in [-0.2, 0) is 9.59 Å². The molecule has 2 aromatic heterocycles. The number of hydrogen-bond acceptors (Lipinski definition) is 6. The third-order valence-electron chi connectivity index (χ3n) is 9.38. The maximum atomic E-state index is 12.4. The van der Waals surface area contributed by atoms with Crippen molar-refractivity contribution in [1.29, 1.82) is 0 Å². The fourth-order valence-electron chi connectivity index (χ4n) is 7.21. The van der Waals surface area contributed by atoms with Crippen molar-refractivity contribution >= 4 is 57.4 Å². The first-order valence-corrected chi connectivity index (χ1v) is 14.7. The van der Waals surface area contributed by atoms with Gasteiger partial charge in [0.05, 0.1) is 34.4 Å². The normalized spacial score (nSPS) is 19.1. The lowest BCUT2D eigenvalue weighted by Crippen LogP contribution is -2.07. The minimum absolute atomic E-state index is 0.00764. The number of aldehydes is 1. The van der Waals surface area contributed by atoms with Crippen molar-refractivity contribution in [2.24, 2.45) is 0 Å². The Bertz CT molecular complexity index is 1900. The number of aliphatic carboxylic acids is 1. The van der Waals surface area contributed by atoms with Crippen molar-refractivity contribution in [2.45, 2.75) is 78.7 Å². The van der Waals surface area contributed by atoms with Crippen LogP contribution in [0.15, 0.2) is 12.1 Å². The van der Waals surface area contributed by atoms with Crippen LogP contribution in [0.4, 0.5) is 0 Å². The monoisotopic (exact) mass is 580 g/mol. The first kappa shape index (κ1) is 28.6. The van der Waals surface area contributed by atoms with Crippen LogP contribution in [0, 0.1) is 13.8 Å². The number of hydrogen-bond donors (Lipinski definition) is 5. The maximum Gasteiger partial charge on any atom is 0.303 e. The summed E-state index contributed by atoms with van der Waals surface area (Å²) < 4.78 is 0.